The number of aromatic nitrogens is 1. The lowest BCUT2D eigenvalue weighted by Crippen LogP contribution is -2.47. The molecular weight excluding hydrogens is 308 g/mol. The van der Waals surface area contributed by atoms with Crippen molar-refractivity contribution in [3.63, 3.8) is 0 Å². The first-order valence-corrected chi connectivity index (χ1v) is 8.53. The molecule has 1 saturated heterocycles. The number of nitrogens with zero attached hydrogens (tertiary/aromatic N) is 2. The predicted octanol–water partition coefficient (Wildman–Crippen LogP) is 3.45. The summed E-state index contributed by atoms with van der Waals surface area (Å²) in [4.78, 5) is 19.6. The average molecular weight is 328 g/mol. The van der Waals surface area contributed by atoms with Gasteiger partial charge in [-0.2, -0.15) is 0 Å². The zero-order valence-corrected chi connectivity index (χ0v) is 14.1. The number of aryl methyl sites for hydroxylation is 1. The molecule has 3 rings (SSSR count). The number of benzene rings is 1. The van der Waals surface area contributed by atoms with Gasteiger partial charge in [0.25, 0.3) is 0 Å². The molecule has 0 saturated carbocycles. The van der Waals surface area contributed by atoms with Gasteiger partial charge in [0.2, 0.25) is 5.91 Å². The van der Waals surface area contributed by atoms with E-state index in [2.05, 4.69) is 4.98 Å². The topological polar surface area (TPSA) is 42.4 Å². The Morgan fingerprint density at radius 2 is 2.17 bits per heavy atom. The number of carbonyl (C=O) groups excluding carboxylic acids is 1. The molecule has 2 unspecified atom stereocenters. The van der Waals surface area contributed by atoms with Crippen LogP contribution in [0.5, 0.6) is 0 Å². The van der Waals surface area contributed by atoms with Gasteiger partial charge in [-0.15, -0.1) is 11.3 Å². The van der Waals surface area contributed by atoms with Crippen LogP contribution in [0.4, 0.5) is 0 Å². The minimum atomic E-state index is -0.0598. The van der Waals surface area contributed by atoms with E-state index in [-0.39, 0.29) is 18.1 Å². The van der Waals surface area contributed by atoms with Crippen LogP contribution < -0.4 is 0 Å². The first kappa shape index (κ1) is 15.9. The number of hydrogen-bond donors (Lipinski definition) is 0. The molecular formula is C18H20N2O2S. The average Bonchev–Trinajstić information content (AvgIpc) is 2.99. The first-order valence-electron chi connectivity index (χ1n) is 7.71. The Balaban J connectivity index is 1.69. The van der Waals surface area contributed by atoms with E-state index in [1.807, 2.05) is 55.2 Å². The summed E-state index contributed by atoms with van der Waals surface area (Å²) in [6.45, 7) is 5.11. The van der Waals surface area contributed by atoms with Crippen LogP contribution in [0.2, 0.25) is 0 Å². The zero-order chi connectivity index (χ0) is 16.2. The lowest BCUT2D eigenvalue weighted by Gasteiger charge is -2.37. The Morgan fingerprint density at radius 1 is 1.39 bits per heavy atom. The summed E-state index contributed by atoms with van der Waals surface area (Å²) in [5, 5.41) is 1.00. The maximum Gasteiger partial charge on any atom is 0.247 e. The third kappa shape index (κ3) is 3.86. The maximum atomic E-state index is 12.5. The van der Waals surface area contributed by atoms with Gasteiger partial charge in [0.15, 0.2) is 0 Å². The molecule has 0 spiro atoms. The van der Waals surface area contributed by atoms with Crippen molar-refractivity contribution in [1.82, 2.24) is 9.88 Å². The largest absolute Gasteiger partial charge is 0.370 e. The molecule has 4 nitrogen and oxygen atoms in total. The summed E-state index contributed by atoms with van der Waals surface area (Å²) >= 11 is 1.58. The zero-order valence-electron chi connectivity index (χ0n) is 13.3. The molecule has 1 amide bonds. The van der Waals surface area contributed by atoms with Crippen LogP contribution >= 0.6 is 11.3 Å². The maximum absolute atomic E-state index is 12.5. The Bertz CT molecular complexity index is 696. The van der Waals surface area contributed by atoms with Gasteiger partial charge in [-0.1, -0.05) is 30.3 Å². The highest BCUT2D eigenvalue weighted by Crippen LogP contribution is 2.25. The molecule has 1 fully saturated rings. The molecule has 5 heteroatoms. The van der Waals surface area contributed by atoms with E-state index in [1.54, 1.807) is 23.6 Å². The second kappa shape index (κ2) is 7.06. The molecule has 0 aliphatic carbocycles. The lowest BCUT2D eigenvalue weighted by molar-refractivity contribution is -0.139. The van der Waals surface area contributed by atoms with Gasteiger partial charge in [0, 0.05) is 17.2 Å². The van der Waals surface area contributed by atoms with E-state index >= 15 is 0 Å². The second-order valence-corrected chi connectivity index (χ2v) is 6.95. The molecule has 2 atom stereocenters. The summed E-state index contributed by atoms with van der Waals surface area (Å²) in [6, 6.07) is 10.1. The number of thiazole rings is 1. The van der Waals surface area contributed by atoms with Crippen LogP contribution in [-0.2, 0) is 9.53 Å². The predicted molar refractivity (Wildman–Crippen MR) is 92.2 cm³/mol. The summed E-state index contributed by atoms with van der Waals surface area (Å²) in [7, 11) is 0. The van der Waals surface area contributed by atoms with E-state index in [1.165, 1.54) is 0 Å². The van der Waals surface area contributed by atoms with Gasteiger partial charge in [-0.25, -0.2) is 4.98 Å². The van der Waals surface area contributed by atoms with Crippen molar-refractivity contribution in [2.75, 3.05) is 13.2 Å². The molecule has 1 aliphatic rings. The lowest BCUT2D eigenvalue weighted by atomic mass is 10.1. The number of ether oxygens (including phenoxy) is 1. The summed E-state index contributed by atoms with van der Waals surface area (Å²) < 4.78 is 5.90. The Hall–Kier alpha value is -1.98. The van der Waals surface area contributed by atoms with Crippen LogP contribution in [0.3, 0.4) is 0 Å². The van der Waals surface area contributed by atoms with Crippen LogP contribution in [0.1, 0.15) is 28.5 Å². The first-order chi connectivity index (χ1) is 11.1. The molecule has 0 bridgehead atoms. The fourth-order valence-corrected chi connectivity index (χ4v) is 3.33. The van der Waals surface area contributed by atoms with Crippen LogP contribution in [0.15, 0.2) is 42.6 Å². The van der Waals surface area contributed by atoms with Gasteiger partial charge in [-0.05, 0) is 25.5 Å². The van der Waals surface area contributed by atoms with E-state index in [0.717, 1.165) is 15.4 Å². The molecule has 2 aromatic rings. The van der Waals surface area contributed by atoms with E-state index < -0.39 is 0 Å². The quantitative estimate of drug-likeness (QED) is 0.811. The molecule has 120 valence electrons. The number of rotatable bonds is 3. The van der Waals surface area contributed by atoms with Crippen molar-refractivity contribution in [1.29, 1.82) is 0 Å². The SMILES string of the molecule is Cc1ncc(/C=C/C(=O)N2CC(c3ccccc3)OCC2C)s1. The molecule has 0 N–H and O–H groups in total. The third-order valence-electron chi connectivity index (χ3n) is 3.92. The third-order valence-corrected chi connectivity index (χ3v) is 4.79. The fourth-order valence-electron chi connectivity index (χ4n) is 2.64. The van der Waals surface area contributed by atoms with Gasteiger partial charge >= 0.3 is 0 Å². The van der Waals surface area contributed by atoms with Crippen molar-refractivity contribution in [3.8, 4) is 0 Å². The van der Waals surface area contributed by atoms with Gasteiger partial charge in [0.05, 0.1) is 24.2 Å². The van der Waals surface area contributed by atoms with Crippen LogP contribution in [0, 0.1) is 6.92 Å². The van der Waals surface area contributed by atoms with Crippen molar-refractivity contribution >= 4 is 23.3 Å². The van der Waals surface area contributed by atoms with Crippen molar-refractivity contribution in [2.24, 2.45) is 0 Å². The molecule has 2 heterocycles. The number of hydrogen-bond acceptors (Lipinski definition) is 4. The highest BCUT2D eigenvalue weighted by Gasteiger charge is 2.29. The molecule has 1 aromatic heterocycles. The summed E-state index contributed by atoms with van der Waals surface area (Å²) in [6.07, 6.45) is 5.21. The van der Waals surface area contributed by atoms with Crippen LogP contribution in [-0.4, -0.2) is 35.0 Å². The number of amides is 1. The molecule has 23 heavy (non-hydrogen) atoms. The Kier molecular flexibility index (Phi) is 4.88. The molecule has 0 radical (unpaired) electrons. The van der Waals surface area contributed by atoms with Gasteiger partial charge in [-0.3, -0.25) is 4.79 Å². The number of carbonyl (C=O) groups is 1. The highest BCUT2D eigenvalue weighted by molar-refractivity contribution is 7.12. The summed E-state index contributed by atoms with van der Waals surface area (Å²) in [5.41, 5.74) is 1.11. The monoisotopic (exact) mass is 328 g/mol. The standard InChI is InChI=1S/C18H20N2O2S/c1-13-12-22-17(15-6-4-3-5-7-15)11-20(13)18(21)9-8-16-10-19-14(2)23-16/h3-10,13,17H,11-12H2,1-2H3/b9-8+. The second-order valence-electron chi connectivity index (χ2n) is 5.69. The van der Waals surface area contributed by atoms with E-state index in [9.17, 15) is 4.79 Å². The minimum Gasteiger partial charge on any atom is -0.370 e. The highest BCUT2D eigenvalue weighted by atomic mass is 32.1. The van der Waals surface area contributed by atoms with E-state index in [0.29, 0.717) is 13.2 Å². The minimum absolute atomic E-state index is 0.0211. The van der Waals surface area contributed by atoms with Crippen LogP contribution in [0.25, 0.3) is 6.08 Å². The van der Waals surface area contributed by atoms with E-state index in [4.69, 9.17) is 4.74 Å². The fraction of sp³-hybridized carbons (Fsp3) is 0.333. The van der Waals surface area contributed by atoms with Crippen molar-refractivity contribution < 1.29 is 9.53 Å². The Morgan fingerprint density at radius 3 is 2.87 bits per heavy atom. The number of morpholine rings is 1. The van der Waals surface area contributed by atoms with Gasteiger partial charge in [0.1, 0.15) is 6.10 Å². The summed E-state index contributed by atoms with van der Waals surface area (Å²) in [5.74, 6) is 0.0211. The van der Waals surface area contributed by atoms with Crippen molar-refractivity contribution in [2.45, 2.75) is 26.0 Å². The Labute approximate surface area is 140 Å². The normalized spacial score (nSPS) is 21.7. The van der Waals surface area contributed by atoms with Gasteiger partial charge < -0.3 is 9.64 Å². The van der Waals surface area contributed by atoms with Crippen molar-refractivity contribution in [3.05, 3.63) is 58.1 Å². The smallest absolute Gasteiger partial charge is 0.247 e. The molecule has 1 aromatic carbocycles. The molecule has 1 aliphatic heterocycles.